The summed E-state index contributed by atoms with van der Waals surface area (Å²) in [4.78, 5) is 13.0. The molecule has 7 nitrogen and oxygen atoms in total. The van der Waals surface area contributed by atoms with Crippen molar-refractivity contribution < 1.29 is 4.74 Å². The second-order valence-electron chi connectivity index (χ2n) is 5.48. The van der Waals surface area contributed by atoms with Crippen LogP contribution >= 0.6 is 0 Å². The highest BCUT2D eigenvalue weighted by Crippen LogP contribution is 2.22. The van der Waals surface area contributed by atoms with E-state index in [-0.39, 0.29) is 5.82 Å². The van der Waals surface area contributed by atoms with Gasteiger partial charge in [0.25, 0.3) is 0 Å². The van der Waals surface area contributed by atoms with Gasteiger partial charge in [-0.3, -0.25) is 4.90 Å². The van der Waals surface area contributed by atoms with Gasteiger partial charge in [0.15, 0.2) is 0 Å². The van der Waals surface area contributed by atoms with E-state index in [9.17, 15) is 0 Å². The van der Waals surface area contributed by atoms with Crippen molar-refractivity contribution in [1.82, 2.24) is 14.9 Å². The smallest absolute Gasteiger partial charge is 0.227 e. The first-order chi connectivity index (χ1) is 9.67. The van der Waals surface area contributed by atoms with Crippen LogP contribution in [0.25, 0.3) is 0 Å². The van der Waals surface area contributed by atoms with Crippen molar-refractivity contribution in [3.8, 4) is 6.07 Å². The number of nitrogen functional groups attached to an aromatic ring is 1. The first-order valence-electron chi connectivity index (χ1n) is 6.73. The second kappa shape index (κ2) is 5.23. The normalized spacial score (nSPS) is 26.9. The Hall–Kier alpha value is -1.91. The van der Waals surface area contributed by atoms with Crippen LogP contribution in [0.3, 0.4) is 0 Å². The molecular weight excluding hydrogens is 256 g/mol. The van der Waals surface area contributed by atoms with Crippen molar-refractivity contribution in [2.75, 3.05) is 50.5 Å². The first-order valence-corrected chi connectivity index (χ1v) is 6.73. The molecule has 2 fully saturated rings. The molecule has 0 unspecified atom stereocenters. The predicted molar refractivity (Wildman–Crippen MR) is 74.1 cm³/mol. The van der Waals surface area contributed by atoms with Crippen LogP contribution in [0.2, 0.25) is 0 Å². The number of hydrogen-bond donors (Lipinski definition) is 1. The summed E-state index contributed by atoms with van der Waals surface area (Å²) in [7, 11) is 2.13. The van der Waals surface area contributed by atoms with Gasteiger partial charge in [0.1, 0.15) is 17.5 Å². The van der Waals surface area contributed by atoms with Crippen LogP contribution in [0.5, 0.6) is 0 Å². The summed E-state index contributed by atoms with van der Waals surface area (Å²) in [6.45, 7) is 4.19. The fourth-order valence-corrected chi connectivity index (χ4v) is 2.84. The Morgan fingerprint density at radius 3 is 3.00 bits per heavy atom. The summed E-state index contributed by atoms with van der Waals surface area (Å²) in [5.41, 5.74) is 6.11. The molecular formula is C13H18N6O. The lowest BCUT2D eigenvalue weighted by atomic mass is 10.1. The molecule has 0 spiro atoms. The van der Waals surface area contributed by atoms with Crippen LogP contribution in [0.15, 0.2) is 6.20 Å². The number of nitrogens with two attached hydrogens (primary N) is 1. The molecule has 0 aromatic carbocycles. The van der Waals surface area contributed by atoms with Crippen molar-refractivity contribution in [1.29, 1.82) is 5.26 Å². The van der Waals surface area contributed by atoms with Crippen molar-refractivity contribution in [3.63, 3.8) is 0 Å². The van der Waals surface area contributed by atoms with Crippen LogP contribution in [0.1, 0.15) is 5.56 Å². The molecule has 3 heterocycles. The van der Waals surface area contributed by atoms with E-state index in [1.165, 1.54) is 6.20 Å². The molecule has 2 atom stereocenters. The zero-order valence-corrected chi connectivity index (χ0v) is 11.5. The van der Waals surface area contributed by atoms with Gasteiger partial charge < -0.3 is 15.4 Å². The Morgan fingerprint density at radius 2 is 2.25 bits per heavy atom. The largest absolute Gasteiger partial charge is 0.382 e. The molecule has 2 aliphatic heterocycles. The topological polar surface area (TPSA) is 91.3 Å². The quantitative estimate of drug-likeness (QED) is 0.751. The summed E-state index contributed by atoms with van der Waals surface area (Å²) in [5, 5.41) is 8.88. The molecule has 3 rings (SSSR count). The SMILES string of the molecule is CN1C[C@H]2COC[C@@H]1CN(c1ncc(C#N)c(N)n1)C2. The first kappa shape index (κ1) is 13.1. The molecule has 106 valence electrons. The lowest BCUT2D eigenvalue weighted by Gasteiger charge is -2.29. The molecule has 0 radical (unpaired) electrons. The molecule has 2 aliphatic rings. The van der Waals surface area contributed by atoms with Crippen molar-refractivity contribution >= 4 is 11.8 Å². The minimum atomic E-state index is 0.247. The zero-order valence-electron chi connectivity index (χ0n) is 11.5. The number of ether oxygens (including phenoxy) is 1. The number of hydrogen-bond acceptors (Lipinski definition) is 7. The van der Waals surface area contributed by atoms with E-state index >= 15 is 0 Å². The Balaban J connectivity index is 1.87. The lowest BCUT2D eigenvalue weighted by Crippen LogP contribution is -2.43. The maximum absolute atomic E-state index is 8.88. The van der Waals surface area contributed by atoms with Crippen LogP contribution in [-0.2, 0) is 4.74 Å². The lowest BCUT2D eigenvalue weighted by molar-refractivity contribution is 0.0928. The van der Waals surface area contributed by atoms with Gasteiger partial charge in [0.05, 0.1) is 25.5 Å². The molecule has 20 heavy (non-hydrogen) atoms. The van der Waals surface area contributed by atoms with E-state index < -0.39 is 0 Å². The van der Waals surface area contributed by atoms with Gasteiger partial charge >= 0.3 is 0 Å². The van der Waals surface area contributed by atoms with Crippen LogP contribution in [0.4, 0.5) is 11.8 Å². The third kappa shape index (κ3) is 2.40. The predicted octanol–water partition coefficient (Wildman–Crippen LogP) is -0.303. The summed E-state index contributed by atoms with van der Waals surface area (Å²) < 4.78 is 5.70. The van der Waals surface area contributed by atoms with Crippen LogP contribution < -0.4 is 10.6 Å². The Bertz CT molecular complexity index is 542. The summed E-state index contributed by atoms with van der Waals surface area (Å²) >= 11 is 0. The number of fused-ring (bicyclic) bond motifs is 3. The van der Waals surface area contributed by atoms with Crippen molar-refractivity contribution in [2.24, 2.45) is 5.92 Å². The fourth-order valence-electron chi connectivity index (χ4n) is 2.84. The fraction of sp³-hybridized carbons (Fsp3) is 0.615. The van der Waals surface area contributed by atoms with E-state index in [2.05, 4.69) is 26.8 Å². The Morgan fingerprint density at radius 1 is 1.40 bits per heavy atom. The van der Waals surface area contributed by atoms with E-state index in [4.69, 9.17) is 15.7 Å². The highest BCUT2D eigenvalue weighted by atomic mass is 16.5. The number of likely N-dealkylation sites (N-methyl/N-ethyl adjacent to an activating group) is 1. The highest BCUT2D eigenvalue weighted by molar-refractivity contribution is 5.50. The van der Waals surface area contributed by atoms with Gasteiger partial charge in [-0.05, 0) is 7.05 Å². The van der Waals surface area contributed by atoms with E-state index in [0.29, 0.717) is 23.5 Å². The van der Waals surface area contributed by atoms with Gasteiger partial charge in [0, 0.05) is 25.6 Å². The summed E-state index contributed by atoms with van der Waals surface area (Å²) in [6, 6.07) is 2.32. The summed E-state index contributed by atoms with van der Waals surface area (Å²) in [5.74, 6) is 1.29. The number of nitrogens with zero attached hydrogens (tertiary/aromatic N) is 5. The van der Waals surface area contributed by atoms with Crippen molar-refractivity contribution in [2.45, 2.75) is 6.04 Å². The van der Waals surface area contributed by atoms with Crippen molar-refractivity contribution in [3.05, 3.63) is 11.8 Å². The van der Waals surface area contributed by atoms with E-state index in [1.54, 1.807) is 0 Å². The highest BCUT2D eigenvalue weighted by Gasteiger charge is 2.32. The number of nitriles is 1. The standard InChI is InChI=1S/C13H18N6O/c1-18-4-9-5-19(6-11(18)8-20-7-9)13-16-3-10(2-14)12(15)17-13/h3,9,11H,4-8H2,1H3,(H2,15,16,17)/t9-,11+/m1/s1. The third-order valence-electron chi connectivity index (χ3n) is 3.95. The van der Waals surface area contributed by atoms with Gasteiger partial charge in [-0.2, -0.15) is 10.2 Å². The molecule has 0 amide bonds. The molecule has 7 heteroatoms. The maximum atomic E-state index is 8.88. The number of aromatic nitrogens is 2. The van der Waals surface area contributed by atoms with E-state index in [0.717, 1.165) is 32.8 Å². The molecule has 0 saturated carbocycles. The molecule has 2 bridgehead atoms. The minimum Gasteiger partial charge on any atom is -0.382 e. The number of anilines is 2. The average molecular weight is 274 g/mol. The Kier molecular flexibility index (Phi) is 3.42. The summed E-state index contributed by atoms with van der Waals surface area (Å²) in [6.07, 6.45) is 1.50. The molecule has 1 aromatic heterocycles. The Labute approximate surface area is 118 Å². The third-order valence-corrected chi connectivity index (χ3v) is 3.95. The monoisotopic (exact) mass is 274 g/mol. The molecule has 0 aliphatic carbocycles. The van der Waals surface area contributed by atoms with E-state index in [1.807, 2.05) is 6.07 Å². The average Bonchev–Trinajstić information content (AvgIpc) is 2.67. The van der Waals surface area contributed by atoms with Gasteiger partial charge in [-0.15, -0.1) is 0 Å². The zero-order chi connectivity index (χ0) is 14.1. The molecule has 2 N–H and O–H groups in total. The number of rotatable bonds is 1. The van der Waals surface area contributed by atoms with Gasteiger partial charge in [-0.1, -0.05) is 0 Å². The second-order valence-corrected chi connectivity index (χ2v) is 5.48. The molecule has 1 aromatic rings. The molecule has 2 saturated heterocycles. The van der Waals surface area contributed by atoms with Gasteiger partial charge in [-0.25, -0.2) is 4.98 Å². The maximum Gasteiger partial charge on any atom is 0.227 e. The minimum absolute atomic E-state index is 0.247. The van der Waals surface area contributed by atoms with Crippen LogP contribution in [0, 0.1) is 17.2 Å². The van der Waals surface area contributed by atoms with Gasteiger partial charge in [0.2, 0.25) is 5.95 Å². The van der Waals surface area contributed by atoms with Crippen LogP contribution in [-0.4, -0.2) is 60.8 Å².